The van der Waals surface area contributed by atoms with E-state index in [2.05, 4.69) is 37.3 Å². The van der Waals surface area contributed by atoms with Crippen LogP contribution in [0.15, 0.2) is 36.4 Å². The molecule has 2 heteroatoms. The van der Waals surface area contributed by atoms with Crippen LogP contribution >= 0.6 is 0 Å². The predicted molar refractivity (Wildman–Crippen MR) is 111 cm³/mol. The van der Waals surface area contributed by atoms with Gasteiger partial charge in [-0.25, -0.2) is 0 Å². The Kier molecular flexibility index (Phi) is 11.2. The van der Waals surface area contributed by atoms with Crippen molar-refractivity contribution in [3.8, 4) is 5.75 Å². The highest BCUT2D eigenvalue weighted by Gasteiger charge is 2.22. The zero-order valence-electron chi connectivity index (χ0n) is 16.8. The number of ether oxygens (including phenoxy) is 2. The Morgan fingerprint density at radius 2 is 1.65 bits per heavy atom. The fraction of sp³-hybridized carbons (Fsp3) is 0.667. The fourth-order valence-electron chi connectivity index (χ4n) is 3.19. The van der Waals surface area contributed by atoms with Crippen molar-refractivity contribution in [3.05, 3.63) is 42.0 Å². The van der Waals surface area contributed by atoms with Gasteiger partial charge in [-0.15, -0.1) is 0 Å². The van der Waals surface area contributed by atoms with Crippen LogP contribution in [0.4, 0.5) is 0 Å². The van der Waals surface area contributed by atoms with Gasteiger partial charge in [-0.05, 0) is 56.2 Å². The van der Waals surface area contributed by atoms with Crippen molar-refractivity contribution in [2.75, 3.05) is 13.2 Å². The van der Waals surface area contributed by atoms with Gasteiger partial charge in [0, 0.05) is 0 Å². The second kappa shape index (κ2) is 13.9. The molecule has 1 aromatic carbocycles. The Bertz CT molecular complexity index is 491. The van der Waals surface area contributed by atoms with Crippen LogP contribution < -0.4 is 4.74 Å². The summed E-state index contributed by atoms with van der Waals surface area (Å²) in [6.45, 7) is 3.82. The zero-order chi connectivity index (χ0) is 18.3. The maximum Gasteiger partial charge on any atom is 0.119 e. The van der Waals surface area contributed by atoms with Crippen LogP contribution in [-0.4, -0.2) is 19.3 Å². The molecule has 0 aromatic heterocycles. The molecule has 2 nitrogen and oxygen atoms in total. The maximum atomic E-state index is 5.76. The van der Waals surface area contributed by atoms with E-state index < -0.39 is 0 Å². The van der Waals surface area contributed by atoms with Crippen molar-refractivity contribution in [2.45, 2.75) is 90.1 Å². The molecule has 1 saturated heterocycles. The Balaban J connectivity index is 1.42. The molecule has 0 radical (unpaired) electrons. The van der Waals surface area contributed by atoms with Gasteiger partial charge >= 0.3 is 0 Å². The molecule has 26 heavy (non-hydrogen) atoms. The van der Waals surface area contributed by atoms with E-state index in [1.54, 1.807) is 0 Å². The zero-order valence-corrected chi connectivity index (χ0v) is 16.8. The summed E-state index contributed by atoms with van der Waals surface area (Å²) >= 11 is 0. The van der Waals surface area contributed by atoms with Gasteiger partial charge in [0.25, 0.3) is 0 Å². The third-order valence-electron chi connectivity index (χ3n) is 4.96. The fourth-order valence-corrected chi connectivity index (χ4v) is 3.19. The van der Waals surface area contributed by atoms with Crippen LogP contribution in [0.5, 0.6) is 5.75 Å². The molecule has 0 N–H and O–H groups in total. The van der Waals surface area contributed by atoms with E-state index in [0.717, 1.165) is 18.8 Å². The third-order valence-corrected chi connectivity index (χ3v) is 4.96. The Hall–Kier alpha value is -1.28. The lowest BCUT2D eigenvalue weighted by atomic mass is 10.1. The van der Waals surface area contributed by atoms with E-state index >= 15 is 0 Å². The van der Waals surface area contributed by atoms with Crippen molar-refractivity contribution < 1.29 is 9.47 Å². The summed E-state index contributed by atoms with van der Waals surface area (Å²) in [5, 5.41) is 0. The van der Waals surface area contributed by atoms with E-state index in [1.165, 1.54) is 76.2 Å². The lowest BCUT2D eigenvalue weighted by Crippen LogP contribution is -2.04. The van der Waals surface area contributed by atoms with E-state index in [1.807, 2.05) is 6.07 Å². The SMILES string of the molecule is CCCCCCCC/C=C/CCCCCc1cccc(OCC2CO2)c1. The molecule has 1 heterocycles. The summed E-state index contributed by atoms with van der Waals surface area (Å²) in [5.41, 5.74) is 1.39. The molecule has 1 atom stereocenters. The lowest BCUT2D eigenvalue weighted by molar-refractivity contribution is 0.263. The Labute approximate surface area is 161 Å². The average Bonchev–Trinajstić information content (AvgIpc) is 3.49. The first-order valence-electron chi connectivity index (χ1n) is 10.9. The van der Waals surface area contributed by atoms with Crippen molar-refractivity contribution >= 4 is 0 Å². The van der Waals surface area contributed by atoms with E-state index in [4.69, 9.17) is 9.47 Å². The van der Waals surface area contributed by atoms with Gasteiger partial charge in [-0.3, -0.25) is 0 Å². The highest BCUT2D eigenvalue weighted by molar-refractivity contribution is 5.28. The highest BCUT2D eigenvalue weighted by Crippen LogP contribution is 2.18. The largest absolute Gasteiger partial charge is 0.491 e. The first-order valence-corrected chi connectivity index (χ1v) is 10.9. The minimum absolute atomic E-state index is 0.327. The van der Waals surface area contributed by atoms with Crippen molar-refractivity contribution in [2.24, 2.45) is 0 Å². The van der Waals surface area contributed by atoms with Gasteiger partial charge in [0.15, 0.2) is 0 Å². The molecule has 0 amide bonds. The topological polar surface area (TPSA) is 21.8 Å². The number of allylic oxidation sites excluding steroid dienone is 2. The van der Waals surface area contributed by atoms with Crippen molar-refractivity contribution in [3.63, 3.8) is 0 Å². The number of hydrogen-bond acceptors (Lipinski definition) is 2. The van der Waals surface area contributed by atoms with E-state index in [0.29, 0.717) is 12.7 Å². The molecular weight excluding hydrogens is 320 g/mol. The van der Waals surface area contributed by atoms with Gasteiger partial charge in [-0.2, -0.15) is 0 Å². The molecule has 146 valence electrons. The smallest absolute Gasteiger partial charge is 0.119 e. The second-order valence-corrected chi connectivity index (χ2v) is 7.54. The Morgan fingerprint density at radius 1 is 0.962 bits per heavy atom. The minimum atomic E-state index is 0.327. The van der Waals surface area contributed by atoms with Gasteiger partial charge in [0.2, 0.25) is 0 Å². The molecule has 0 saturated carbocycles. The van der Waals surface area contributed by atoms with E-state index in [-0.39, 0.29) is 0 Å². The molecule has 0 spiro atoms. The quantitative estimate of drug-likeness (QED) is 0.183. The summed E-state index contributed by atoms with van der Waals surface area (Å²) in [6.07, 6.45) is 21.0. The first-order chi connectivity index (χ1) is 12.9. The molecule has 1 aliphatic rings. The molecule has 0 bridgehead atoms. The van der Waals surface area contributed by atoms with Gasteiger partial charge < -0.3 is 9.47 Å². The lowest BCUT2D eigenvalue weighted by Gasteiger charge is -2.06. The number of aryl methyl sites for hydroxylation is 1. The summed E-state index contributed by atoms with van der Waals surface area (Å²) in [6, 6.07) is 8.54. The molecule has 1 fully saturated rings. The van der Waals surface area contributed by atoms with Gasteiger partial charge in [-0.1, -0.05) is 69.7 Å². The average molecular weight is 359 g/mol. The number of epoxide rings is 1. The van der Waals surface area contributed by atoms with Crippen LogP contribution in [0.3, 0.4) is 0 Å². The van der Waals surface area contributed by atoms with Crippen LogP contribution in [0.2, 0.25) is 0 Å². The van der Waals surface area contributed by atoms with Gasteiger partial charge in [0.1, 0.15) is 18.5 Å². The van der Waals surface area contributed by atoms with Crippen LogP contribution in [-0.2, 0) is 11.2 Å². The number of benzene rings is 1. The molecule has 1 unspecified atom stereocenters. The standard InChI is InChI=1S/C24H38O2/c1-2-3-4-5-6-7-8-9-10-11-12-13-14-16-22-17-15-18-23(19-22)25-20-24-21-26-24/h9-10,15,17-19,24H,2-8,11-14,16,20-21H2,1H3/b10-9+. The van der Waals surface area contributed by atoms with Crippen molar-refractivity contribution in [1.29, 1.82) is 0 Å². The summed E-state index contributed by atoms with van der Waals surface area (Å²) in [5.74, 6) is 0.982. The monoisotopic (exact) mass is 358 g/mol. The van der Waals surface area contributed by atoms with E-state index in [9.17, 15) is 0 Å². The summed E-state index contributed by atoms with van der Waals surface area (Å²) in [7, 11) is 0. The van der Waals surface area contributed by atoms with Crippen LogP contribution in [0, 0.1) is 0 Å². The number of rotatable bonds is 16. The third kappa shape index (κ3) is 10.7. The summed E-state index contributed by atoms with van der Waals surface area (Å²) < 4.78 is 10.9. The second-order valence-electron chi connectivity index (χ2n) is 7.54. The Morgan fingerprint density at radius 3 is 2.38 bits per heavy atom. The predicted octanol–water partition coefficient (Wildman–Crippen LogP) is 6.87. The van der Waals surface area contributed by atoms with Gasteiger partial charge in [0.05, 0.1) is 6.61 Å². The summed E-state index contributed by atoms with van der Waals surface area (Å²) in [4.78, 5) is 0. The number of unbranched alkanes of at least 4 members (excludes halogenated alkanes) is 9. The van der Waals surface area contributed by atoms with Crippen molar-refractivity contribution in [1.82, 2.24) is 0 Å². The van der Waals surface area contributed by atoms with Crippen LogP contribution in [0.1, 0.15) is 83.1 Å². The molecule has 1 aliphatic heterocycles. The first kappa shape index (κ1) is 21.0. The molecule has 1 aromatic rings. The maximum absolute atomic E-state index is 5.76. The number of hydrogen-bond donors (Lipinski definition) is 0. The minimum Gasteiger partial charge on any atom is -0.491 e. The molecule has 0 aliphatic carbocycles. The highest BCUT2D eigenvalue weighted by atomic mass is 16.6. The normalized spacial score (nSPS) is 16.3. The van der Waals surface area contributed by atoms with Crippen LogP contribution in [0.25, 0.3) is 0 Å². The molecule has 2 rings (SSSR count). The molecular formula is C24H38O2.